The molecule has 1 spiro atoms. The number of anilines is 1. The van der Waals surface area contributed by atoms with Crippen LogP contribution in [0.3, 0.4) is 0 Å². The maximum absolute atomic E-state index is 13.3. The van der Waals surface area contributed by atoms with E-state index in [1.54, 1.807) is 0 Å². The molecular weight excluding hydrogens is 554 g/mol. The summed E-state index contributed by atoms with van der Waals surface area (Å²) in [6.07, 6.45) is 27.0. The first-order chi connectivity index (χ1) is 21.7. The van der Waals surface area contributed by atoms with Gasteiger partial charge in [0.25, 0.3) is 5.91 Å². The first-order valence-corrected chi connectivity index (χ1v) is 16.6. The average Bonchev–Trinajstić information content (AvgIpc) is 3.70. The SMILES string of the molecule is C=C/C(=C\N(C)C)c1c[nH]c(-c2cccc(NC3=CC(C(=O)NCCCC4CCCCC45CC=CC5)=CCC3(C)C)c2C=N)c1. The molecule has 0 saturated heterocycles. The van der Waals surface area contributed by atoms with E-state index >= 15 is 0 Å². The summed E-state index contributed by atoms with van der Waals surface area (Å²) in [4.78, 5) is 18.7. The van der Waals surface area contributed by atoms with Crippen LogP contribution < -0.4 is 10.6 Å². The maximum Gasteiger partial charge on any atom is 0.251 e. The van der Waals surface area contributed by atoms with E-state index in [4.69, 9.17) is 5.41 Å². The van der Waals surface area contributed by atoms with Crippen LogP contribution in [0.15, 0.2) is 84.9 Å². The molecule has 0 aliphatic heterocycles. The van der Waals surface area contributed by atoms with E-state index in [2.05, 4.69) is 60.3 Å². The van der Waals surface area contributed by atoms with Crippen molar-refractivity contribution in [3.8, 4) is 11.3 Å². The zero-order valence-corrected chi connectivity index (χ0v) is 27.6. The first kappa shape index (κ1) is 32.3. The van der Waals surface area contributed by atoms with Gasteiger partial charge in [-0.25, -0.2) is 0 Å². The second kappa shape index (κ2) is 13.9. The molecule has 1 saturated carbocycles. The van der Waals surface area contributed by atoms with Gasteiger partial charge in [0.15, 0.2) is 0 Å². The van der Waals surface area contributed by atoms with E-state index in [-0.39, 0.29) is 11.3 Å². The summed E-state index contributed by atoms with van der Waals surface area (Å²) in [6.45, 7) is 9.07. The number of carbonyl (C=O) groups excluding carboxylic acids is 1. The zero-order chi connectivity index (χ0) is 32.0. The Hall–Kier alpha value is -4.06. The van der Waals surface area contributed by atoms with E-state index < -0.39 is 0 Å². The van der Waals surface area contributed by atoms with Crippen LogP contribution in [0.2, 0.25) is 0 Å². The van der Waals surface area contributed by atoms with Crippen LogP contribution in [0.1, 0.15) is 82.8 Å². The molecule has 1 fully saturated rings. The van der Waals surface area contributed by atoms with E-state index in [0.29, 0.717) is 17.5 Å². The summed E-state index contributed by atoms with van der Waals surface area (Å²) in [5.41, 5.74) is 7.55. The van der Waals surface area contributed by atoms with Gasteiger partial charge < -0.3 is 25.9 Å². The number of rotatable bonds is 12. The third-order valence-corrected chi connectivity index (χ3v) is 10.1. The highest BCUT2D eigenvalue weighted by atomic mass is 16.1. The number of H-pyrrole nitrogens is 1. The van der Waals surface area contributed by atoms with Gasteiger partial charge in [0, 0.05) is 84.0 Å². The molecule has 1 heterocycles. The maximum atomic E-state index is 13.3. The van der Waals surface area contributed by atoms with Crippen LogP contribution in [-0.2, 0) is 4.79 Å². The number of hydrogen-bond acceptors (Lipinski definition) is 4. The lowest BCUT2D eigenvalue weighted by atomic mass is 9.63. The van der Waals surface area contributed by atoms with Crippen molar-refractivity contribution >= 4 is 23.4 Å². The fourth-order valence-electron chi connectivity index (χ4n) is 7.44. The molecule has 4 N–H and O–H groups in total. The Bertz CT molecular complexity index is 1520. The number of aromatic nitrogens is 1. The summed E-state index contributed by atoms with van der Waals surface area (Å²) < 4.78 is 0. The first-order valence-electron chi connectivity index (χ1n) is 16.6. The van der Waals surface area contributed by atoms with Crippen LogP contribution in [0.5, 0.6) is 0 Å². The van der Waals surface area contributed by atoms with E-state index in [1.165, 1.54) is 51.2 Å². The summed E-state index contributed by atoms with van der Waals surface area (Å²) in [6, 6.07) is 8.13. The molecule has 3 aliphatic rings. The van der Waals surface area contributed by atoms with Gasteiger partial charge in [-0.05, 0) is 80.1 Å². The number of aromatic amines is 1. The molecule has 1 aromatic heterocycles. The predicted octanol–water partition coefficient (Wildman–Crippen LogP) is 8.84. The van der Waals surface area contributed by atoms with Gasteiger partial charge in [-0.1, -0.05) is 69.7 Å². The highest BCUT2D eigenvalue weighted by Gasteiger charge is 2.40. The second-order valence-corrected chi connectivity index (χ2v) is 14.0. The molecule has 6 heteroatoms. The smallest absolute Gasteiger partial charge is 0.251 e. The minimum atomic E-state index is -0.181. The van der Waals surface area contributed by atoms with Crippen LogP contribution >= 0.6 is 0 Å². The topological polar surface area (TPSA) is 84.0 Å². The molecule has 6 nitrogen and oxygen atoms in total. The van der Waals surface area contributed by atoms with Crippen LogP contribution in [-0.4, -0.2) is 42.6 Å². The van der Waals surface area contributed by atoms with Gasteiger partial charge in [0.05, 0.1) is 0 Å². The number of hydrogen-bond donors (Lipinski definition) is 4. The predicted molar refractivity (Wildman–Crippen MR) is 189 cm³/mol. The molecular formula is C39H51N5O. The van der Waals surface area contributed by atoms with Crippen molar-refractivity contribution in [3.05, 3.63) is 96.0 Å². The third-order valence-electron chi connectivity index (χ3n) is 10.1. The van der Waals surface area contributed by atoms with E-state index in [1.807, 2.05) is 61.7 Å². The molecule has 3 aliphatic carbocycles. The molecule has 5 rings (SSSR count). The summed E-state index contributed by atoms with van der Waals surface area (Å²) in [5.74, 6) is 0.771. The Morgan fingerprint density at radius 1 is 1.18 bits per heavy atom. The van der Waals surface area contributed by atoms with Gasteiger partial charge >= 0.3 is 0 Å². The Kier molecular flexibility index (Phi) is 10.0. The molecule has 1 atom stereocenters. The fraction of sp³-hybridized carbons (Fsp3) is 0.436. The quantitative estimate of drug-likeness (QED) is 0.0844. The Balaban J connectivity index is 1.27. The highest BCUT2D eigenvalue weighted by molar-refractivity contribution is 5.98. The Labute approximate surface area is 270 Å². The molecule has 0 bridgehead atoms. The molecule has 1 amide bonds. The number of benzene rings is 1. The standard InChI is InChI=1S/C39H51N5O/c1-6-28(27-44(4)5)30-23-35(42-26-30)32-15-11-16-34(33(32)25-40)43-36-24-29(17-21-38(36,2)3)37(45)41-22-12-14-31-13-7-8-18-39(31)19-9-10-20-39/h6,9-11,15-17,23-27,31,40,42-43H,1,7-8,12-14,18-22H2,2-5H3,(H,41,45)/b28-27+,40-25?. The van der Waals surface area contributed by atoms with Crippen LogP contribution in [0.25, 0.3) is 16.8 Å². The zero-order valence-electron chi connectivity index (χ0n) is 27.6. The lowest BCUT2D eigenvalue weighted by Gasteiger charge is -2.42. The molecule has 238 valence electrons. The van der Waals surface area contributed by atoms with Crippen molar-refractivity contribution in [2.24, 2.45) is 16.7 Å². The largest absolute Gasteiger partial charge is 0.383 e. The minimum Gasteiger partial charge on any atom is -0.383 e. The summed E-state index contributed by atoms with van der Waals surface area (Å²) >= 11 is 0. The number of nitrogens with zero attached hydrogens (tertiary/aromatic N) is 1. The fourth-order valence-corrected chi connectivity index (χ4v) is 7.44. The summed E-state index contributed by atoms with van der Waals surface area (Å²) in [5, 5.41) is 15.2. The lowest BCUT2D eigenvalue weighted by molar-refractivity contribution is -0.117. The number of allylic oxidation sites excluding steroid dienone is 6. The average molecular weight is 606 g/mol. The van der Waals surface area contributed by atoms with Gasteiger partial charge in [-0.2, -0.15) is 0 Å². The van der Waals surface area contributed by atoms with Gasteiger partial charge in [-0.3, -0.25) is 4.79 Å². The normalized spacial score (nSPS) is 20.4. The van der Waals surface area contributed by atoms with Crippen molar-refractivity contribution in [1.82, 2.24) is 15.2 Å². The monoisotopic (exact) mass is 605 g/mol. The number of carbonyl (C=O) groups is 1. The summed E-state index contributed by atoms with van der Waals surface area (Å²) in [7, 11) is 3.98. The molecule has 45 heavy (non-hydrogen) atoms. The third kappa shape index (κ3) is 7.27. The second-order valence-electron chi connectivity index (χ2n) is 14.0. The molecule has 1 aromatic carbocycles. The minimum absolute atomic E-state index is 0.00515. The van der Waals surface area contributed by atoms with Crippen molar-refractivity contribution in [1.29, 1.82) is 5.41 Å². The van der Waals surface area contributed by atoms with Gasteiger partial charge in [0.2, 0.25) is 0 Å². The highest BCUT2D eigenvalue weighted by Crippen LogP contribution is 2.51. The van der Waals surface area contributed by atoms with Crippen LogP contribution in [0, 0.1) is 22.2 Å². The van der Waals surface area contributed by atoms with Crippen LogP contribution in [0.4, 0.5) is 5.69 Å². The van der Waals surface area contributed by atoms with Crippen molar-refractivity contribution < 1.29 is 4.79 Å². The van der Waals surface area contributed by atoms with E-state index in [0.717, 1.165) is 58.1 Å². The Morgan fingerprint density at radius 2 is 1.98 bits per heavy atom. The van der Waals surface area contributed by atoms with Gasteiger partial charge in [-0.15, -0.1) is 0 Å². The Morgan fingerprint density at radius 3 is 2.71 bits per heavy atom. The molecule has 2 aromatic rings. The molecule has 1 unspecified atom stereocenters. The molecule has 0 radical (unpaired) electrons. The number of amides is 1. The lowest BCUT2D eigenvalue weighted by Crippen LogP contribution is -2.33. The number of nitrogens with one attached hydrogen (secondary N) is 4. The van der Waals surface area contributed by atoms with E-state index in [9.17, 15) is 4.79 Å². The van der Waals surface area contributed by atoms with Gasteiger partial charge in [0.1, 0.15) is 0 Å². The van der Waals surface area contributed by atoms with Crippen molar-refractivity contribution in [2.45, 2.75) is 71.6 Å². The van der Waals surface area contributed by atoms with Crippen molar-refractivity contribution in [2.75, 3.05) is 26.0 Å². The van der Waals surface area contributed by atoms with Crippen molar-refractivity contribution in [3.63, 3.8) is 0 Å².